The first-order valence-corrected chi connectivity index (χ1v) is 5.00. The van der Waals surface area contributed by atoms with E-state index in [0.717, 1.165) is 6.07 Å². The Morgan fingerprint density at radius 3 is 2.50 bits per heavy atom. The minimum absolute atomic E-state index is 0.0134. The standard InChI is InChI=1S/C9H5BrF3N3/c10-7-3-5(8-4-14-16-15-8)1-2-6(7)9(11,12)13/h1-4H,(H,14,15,16). The Balaban J connectivity index is 2.45. The third-order valence-corrected chi connectivity index (χ3v) is 2.64. The molecule has 3 nitrogen and oxygen atoms in total. The summed E-state index contributed by atoms with van der Waals surface area (Å²) >= 11 is 2.89. The van der Waals surface area contributed by atoms with Crippen LogP contribution in [0.15, 0.2) is 28.9 Å². The van der Waals surface area contributed by atoms with Crippen LogP contribution in [0.1, 0.15) is 5.56 Å². The Kier molecular flexibility index (Phi) is 2.71. The lowest BCUT2D eigenvalue weighted by Gasteiger charge is -2.09. The molecule has 1 N–H and O–H groups in total. The van der Waals surface area contributed by atoms with Crippen LogP contribution in [-0.2, 0) is 6.18 Å². The van der Waals surface area contributed by atoms with Gasteiger partial charge in [-0.05, 0) is 12.1 Å². The molecule has 0 spiro atoms. The summed E-state index contributed by atoms with van der Waals surface area (Å²) in [4.78, 5) is 0. The molecule has 2 aromatic rings. The van der Waals surface area contributed by atoms with E-state index in [1.54, 1.807) is 0 Å². The SMILES string of the molecule is FC(F)(F)c1ccc(-c2cn[nH]n2)cc1Br. The highest BCUT2D eigenvalue weighted by Crippen LogP contribution is 2.36. The molecule has 0 aliphatic carbocycles. The van der Waals surface area contributed by atoms with E-state index in [9.17, 15) is 13.2 Å². The number of alkyl halides is 3. The van der Waals surface area contributed by atoms with Gasteiger partial charge in [0.05, 0.1) is 11.8 Å². The van der Waals surface area contributed by atoms with E-state index in [0.29, 0.717) is 11.3 Å². The maximum absolute atomic E-state index is 12.5. The second kappa shape index (κ2) is 3.89. The van der Waals surface area contributed by atoms with Crippen molar-refractivity contribution in [1.82, 2.24) is 15.4 Å². The number of aromatic nitrogens is 3. The summed E-state index contributed by atoms with van der Waals surface area (Å²) in [7, 11) is 0. The number of benzene rings is 1. The summed E-state index contributed by atoms with van der Waals surface area (Å²) in [6.07, 6.45) is -2.92. The number of halogens is 4. The van der Waals surface area contributed by atoms with Crippen molar-refractivity contribution in [3.8, 4) is 11.3 Å². The Labute approximate surface area is 96.8 Å². The Morgan fingerprint density at radius 1 is 1.25 bits per heavy atom. The maximum atomic E-state index is 12.5. The fraction of sp³-hybridized carbons (Fsp3) is 0.111. The van der Waals surface area contributed by atoms with Crippen molar-refractivity contribution in [2.24, 2.45) is 0 Å². The van der Waals surface area contributed by atoms with Crippen molar-refractivity contribution >= 4 is 15.9 Å². The van der Waals surface area contributed by atoms with Crippen LogP contribution in [0.4, 0.5) is 13.2 Å². The number of rotatable bonds is 1. The third-order valence-electron chi connectivity index (χ3n) is 1.99. The van der Waals surface area contributed by atoms with E-state index in [-0.39, 0.29) is 4.47 Å². The van der Waals surface area contributed by atoms with Gasteiger partial charge in [-0.2, -0.15) is 28.6 Å². The number of hydrogen-bond acceptors (Lipinski definition) is 2. The van der Waals surface area contributed by atoms with Crippen molar-refractivity contribution in [2.75, 3.05) is 0 Å². The second-order valence-corrected chi connectivity index (χ2v) is 3.90. The Morgan fingerprint density at radius 2 is 2.00 bits per heavy atom. The smallest absolute Gasteiger partial charge is 0.197 e. The van der Waals surface area contributed by atoms with Crippen LogP contribution in [0.3, 0.4) is 0 Å². The van der Waals surface area contributed by atoms with Gasteiger partial charge in [-0.3, -0.25) is 0 Å². The highest BCUT2D eigenvalue weighted by molar-refractivity contribution is 9.10. The Bertz CT molecular complexity index is 493. The zero-order chi connectivity index (χ0) is 11.8. The molecule has 1 heterocycles. The molecular formula is C9H5BrF3N3. The monoisotopic (exact) mass is 291 g/mol. The van der Waals surface area contributed by atoms with E-state index < -0.39 is 11.7 Å². The highest BCUT2D eigenvalue weighted by atomic mass is 79.9. The molecule has 0 saturated heterocycles. The fourth-order valence-electron chi connectivity index (χ4n) is 1.25. The molecule has 1 aromatic carbocycles. The topological polar surface area (TPSA) is 41.6 Å². The molecule has 0 amide bonds. The zero-order valence-corrected chi connectivity index (χ0v) is 9.30. The summed E-state index contributed by atoms with van der Waals surface area (Å²) in [6.45, 7) is 0. The van der Waals surface area contributed by atoms with Crippen LogP contribution in [0.25, 0.3) is 11.3 Å². The van der Waals surface area contributed by atoms with Crippen molar-refractivity contribution in [3.05, 3.63) is 34.4 Å². The summed E-state index contributed by atoms with van der Waals surface area (Å²) < 4.78 is 37.4. The molecule has 0 unspecified atom stereocenters. The van der Waals surface area contributed by atoms with Gasteiger partial charge in [0, 0.05) is 10.0 Å². The van der Waals surface area contributed by atoms with Gasteiger partial charge in [-0.25, -0.2) is 0 Å². The lowest BCUT2D eigenvalue weighted by Crippen LogP contribution is -2.05. The van der Waals surface area contributed by atoms with Gasteiger partial charge in [0.25, 0.3) is 0 Å². The van der Waals surface area contributed by atoms with Crippen molar-refractivity contribution in [3.63, 3.8) is 0 Å². The van der Waals surface area contributed by atoms with Crippen molar-refractivity contribution in [1.29, 1.82) is 0 Å². The molecule has 16 heavy (non-hydrogen) atoms. The van der Waals surface area contributed by atoms with Crippen LogP contribution >= 0.6 is 15.9 Å². The highest BCUT2D eigenvalue weighted by Gasteiger charge is 2.32. The average molecular weight is 292 g/mol. The van der Waals surface area contributed by atoms with Crippen LogP contribution in [0, 0.1) is 0 Å². The largest absolute Gasteiger partial charge is 0.417 e. The molecule has 0 saturated carbocycles. The predicted octanol–water partition coefficient (Wildman–Crippen LogP) is 3.25. The van der Waals surface area contributed by atoms with Gasteiger partial charge in [0.15, 0.2) is 0 Å². The minimum Gasteiger partial charge on any atom is -0.197 e. The summed E-state index contributed by atoms with van der Waals surface area (Å²) in [6, 6.07) is 3.72. The summed E-state index contributed by atoms with van der Waals surface area (Å²) in [5.74, 6) is 0. The average Bonchev–Trinajstić information content (AvgIpc) is 2.68. The molecule has 2 rings (SSSR count). The van der Waals surface area contributed by atoms with Crippen LogP contribution in [0.2, 0.25) is 0 Å². The lowest BCUT2D eigenvalue weighted by atomic mass is 10.1. The lowest BCUT2D eigenvalue weighted by molar-refractivity contribution is -0.138. The van der Waals surface area contributed by atoms with Crippen LogP contribution in [0.5, 0.6) is 0 Å². The van der Waals surface area contributed by atoms with Gasteiger partial charge in [-0.1, -0.05) is 22.0 Å². The first-order chi connectivity index (χ1) is 7.48. The van der Waals surface area contributed by atoms with Gasteiger partial charge in [0.2, 0.25) is 0 Å². The molecule has 84 valence electrons. The quantitative estimate of drug-likeness (QED) is 0.876. The van der Waals surface area contributed by atoms with Gasteiger partial charge in [0.1, 0.15) is 5.69 Å². The molecule has 1 aromatic heterocycles. The van der Waals surface area contributed by atoms with Gasteiger partial charge >= 0.3 is 6.18 Å². The second-order valence-electron chi connectivity index (χ2n) is 3.05. The third kappa shape index (κ3) is 2.08. The number of H-pyrrole nitrogens is 1. The predicted molar refractivity (Wildman–Crippen MR) is 54.5 cm³/mol. The van der Waals surface area contributed by atoms with E-state index in [4.69, 9.17) is 0 Å². The first-order valence-electron chi connectivity index (χ1n) is 4.21. The maximum Gasteiger partial charge on any atom is 0.417 e. The number of hydrogen-bond donors (Lipinski definition) is 1. The summed E-state index contributed by atoms with van der Waals surface area (Å²) in [5, 5.41) is 9.76. The van der Waals surface area contributed by atoms with Crippen LogP contribution in [-0.4, -0.2) is 15.4 Å². The van der Waals surface area contributed by atoms with E-state index in [2.05, 4.69) is 31.3 Å². The molecule has 0 aliphatic heterocycles. The fourth-order valence-corrected chi connectivity index (χ4v) is 1.85. The van der Waals surface area contributed by atoms with Crippen molar-refractivity contribution < 1.29 is 13.2 Å². The van der Waals surface area contributed by atoms with Gasteiger partial charge in [-0.15, -0.1) is 0 Å². The minimum atomic E-state index is -4.36. The molecule has 0 radical (unpaired) electrons. The molecule has 0 aliphatic rings. The molecular weight excluding hydrogens is 287 g/mol. The number of nitrogens with one attached hydrogen (secondary N) is 1. The molecule has 0 bridgehead atoms. The Hall–Kier alpha value is -1.37. The zero-order valence-electron chi connectivity index (χ0n) is 7.72. The number of aromatic amines is 1. The van der Waals surface area contributed by atoms with Crippen molar-refractivity contribution in [2.45, 2.75) is 6.18 Å². The first kappa shape index (κ1) is 11.1. The number of nitrogens with zero attached hydrogens (tertiary/aromatic N) is 2. The van der Waals surface area contributed by atoms with E-state index in [1.807, 2.05) is 0 Å². The van der Waals surface area contributed by atoms with E-state index in [1.165, 1.54) is 18.3 Å². The van der Waals surface area contributed by atoms with Crippen LogP contribution < -0.4 is 0 Å². The summed E-state index contributed by atoms with van der Waals surface area (Å²) in [5.41, 5.74) is 0.350. The molecule has 7 heteroatoms. The van der Waals surface area contributed by atoms with Gasteiger partial charge < -0.3 is 0 Å². The molecule has 0 fully saturated rings. The normalized spacial score (nSPS) is 11.8. The molecule has 0 atom stereocenters. The van der Waals surface area contributed by atoms with E-state index >= 15 is 0 Å².